The van der Waals surface area contributed by atoms with Gasteiger partial charge in [0.1, 0.15) is 5.75 Å². The topological polar surface area (TPSA) is 29.5 Å². The average Bonchev–Trinajstić information content (AvgIpc) is 2.72. The summed E-state index contributed by atoms with van der Waals surface area (Å²) in [5.41, 5.74) is 4.79. The van der Waals surface area contributed by atoms with Crippen molar-refractivity contribution >= 4 is 16.6 Å². The van der Waals surface area contributed by atoms with Gasteiger partial charge in [0.2, 0.25) is 0 Å². The van der Waals surface area contributed by atoms with Crippen LogP contribution in [0.15, 0.2) is 59.4 Å². The monoisotopic (exact) mass is 361 g/mol. The molecule has 1 unspecified atom stereocenters. The molecule has 27 heavy (non-hydrogen) atoms. The number of hydrogen-bond acceptors (Lipinski definition) is 3. The molecule has 0 radical (unpaired) electrons. The van der Waals surface area contributed by atoms with Crippen molar-refractivity contribution in [3.05, 3.63) is 65.0 Å². The molecule has 0 aromatic heterocycles. The number of ether oxygens (including phenoxy) is 1. The summed E-state index contributed by atoms with van der Waals surface area (Å²) in [4.78, 5) is 15.4. The van der Waals surface area contributed by atoms with Gasteiger partial charge in [-0.15, -0.1) is 0 Å². The van der Waals surface area contributed by atoms with Crippen molar-refractivity contribution in [3.8, 4) is 5.75 Å². The minimum Gasteiger partial charge on any atom is -0.496 e. The summed E-state index contributed by atoms with van der Waals surface area (Å²) in [7, 11) is 1.71. The Morgan fingerprint density at radius 2 is 1.85 bits per heavy atom. The molecular weight excluding hydrogens is 334 g/mol. The molecule has 1 aliphatic carbocycles. The Morgan fingerprint density at radius 1 is 1.07 bits per heavy atom. The van der Waals surface area contributed by atoms with Gasteiger partial charge in [0.05, 0.1) is 7.11 Å². The molecule has 3 heteroatoms. The van der Waals surface area contributed by atoms with Crippen LogP contribution in [-0.4, -0.2) is 24.3 Å². The molecule has 3 nitrogen and oxygen atoms in total. The van der Waals surface area contributed by atoms with E-state index < -0.39 is 0 Å². The lowest BCUT2D eigenvalue weighted by atomic mass is 9.77. The highest BCUT2D eigenvalue weighted by Gasteiger charge is 2.35. The first-order valence-corrected chi connectivity index (χ1v) is 9.99. The van der Waals surface area contributed by atoms with Crippen molar-refractivity contribution in [2.75, 3.05) is 13.7 Å². The maximum atomic E-state index is 13.0. The quantitative estimate of drug-likeness (QED) is 0.713. The molecule has 1 aliphatic heterocycles. The highest BCUT2D eigenvalue weighted by molar-refractivity contribution is 6.01. The van der Waals surface area contributed by atoms with E-state index in [9.17, 15) is 4.79 Å². The zero-order chi connectivity index (χ0) is 19.0. The smallest absolute Gasteiger partial charge is 0.161 e. The van der Waals surface area contributed by atoms with Crippen LogP contribution in [0.3, 0.4) is 0 Å². The summed E-state index contributed by atoms with van der Waals surface area (Å²) in [5, 5.41) is 2.27. The van der Waals surface area contributed by atoms with E-state index >= 15 is 0 Å². The minimum atomic E-state index is 0.0290. The molecule has 0 N–H and O–H groups in total. The van der Waals surface area contributed by atoms with Crippen molar-refractivity contribution in [2.24, 2.45) is 0 Å². The molecule has 2 aromatic carbocycles. The van der Waals surface area contributed by atoms with Crippen LogP contribution < -0.4 is 4.74 Å². The summed E-state index contributed by atoms with van der Waals surface area (Å²) in [6.45, 7) is 5.30. The number of ketones is 1. The summed E-state index contributed by atoms with van der Waals surface area (Å²) in [5.74, 6) is 1.22. The van der Waals surface area contributed by atoms with Crippen LogP contribution in [0, 0.1) is 0 Å². The number of carbonyl (C=O) groups is 1. The zero-order valence-electron chi connectivity index (χ0n) is 16.4. The number of hydrogen-bond donors (Lipinski definition) is 0. The molecule has 0 amide bonds. The Morgan fingerprint density at radius 3 is 2.56 bits per heavy atom. The van der Waals surface area contributed by atoms with Crippen LogP contribution >= 0.6 is 0 Å². The van der Waals surface area contributed by atoms with Crippen LogP contribution in [0.2, 0.25) is 0 Å². The Bertz CT molecular complexity index is 954. The van der Waals surface area contributed by atoms with Crippen molar-refractivity contribution in [2.45, 2.75) is 45.4 Å². The van der Waals surface area contributed by atoms with Gasteiger partial charge in [-0.3, -0.25) is 4.79 Å². The molecule has 0 saturated heterocycles. The van der Waals surface area contributed by atoms with Gasteiger partial charge in [0, 0.05) is 41.2 Å². The fraction of sp³-hybridized carbons (Fsp3) is 0.375. The van der Waals surface area contributed by atoms with Crippen LogP contribution in [0.25, 0.3) is 10.8 Å². The first kappa shape index (κ1) is 17.8. The fourth-order valence-corrected chi connectivity index (χ4v) is 4.71. The summed E-state index contributed by atoms with van der Waals surface area (Å²) in [6.07, 6.45) is 5.91. The molecule has 2 aliphatic rings. The zero-order valence-corrected chi connectivity index (χ0v) is 16.4. The van der Waals surface area contributed by atoms with E-state index in [0.29, 0.717) is 12.2 Å². The van der Waals surface area contributed by atoms with Gasteiger partial charge in [0.15, 0.2) is 5.78 Å². The largest absolute Gasteiger partial charge is 0.496 e. The number of allylic oxidation sites excluding steroid dienone is 4. The lowest BCUT2D eigenvalue weighted by Crippen LogP contribution is -2.33. The summed E-state index contributed by atoms with van der Waals surface area (Å²) in [6, 6.07) is 12.5. The van der Waals surface area contributed by atoms with Crippen molar-refractivity contribution in [1.29, 1.82) is 0 Å². The SMILES string of the molecule is CCC1=CC(c2ccc(OC)c3ccccc23)C2=C(CCCC2=O)N1CC. The lowest BCUT2D eigenvalue weighted by Gasteiger charge is -2.39. The molecule has 2 aromatic rings. The predicted molar refractivity (Wildman–Crippen MR) is 110 cm³/mol. The van der Waals surface area contributed by atoms with Crippen molar-refractivity contribution < 1.29 is 9.53 Å². The number of methoxy groups -OCH3 is 1. The third-order valence-electron chi connectivity index (χ3n) is 5.92. The molecule has 0 fully saturated rings. The molecule has 1 atom stereocenters. The predicted octanol–water partition coefficient (Wildman–Crippen LogP) is 5.57. The highest BCUT2D eigenvalue weighted by Crippen LogP contribution is 2.45. The van der Waals surface area contributed by atoms with E-state index in [1.54, 1.807) is 7.11 Å². The van der Waals surface area contributed by atoms with Crippen LogP contribution in [0.1, 0.15) is 51.0 Å². The molecule has 0 spiro atoms. The van der Waals surface area contributed by atoms with Gasteiger partial charge in [-0.25, -0.2) is 0 Å². The van der Waals surface area contributed by atoms with Gasteiger partial charge < -0.3 is 9.64 Å². The maximum absolute atomic E-state index is 13.0. The van der Waals surface area contributed by atoms with Crippen LogP contribution in [0.4, 0.5) is 0 Å². The lowest BCUT2D eigenvalue weighted by molar-refractivity contribution is -0.116. The molecule has 0 saturated carbocycles. The molecule has 0 bridgehead atoms. The Hall–Kier alpha value is -2.55. The second-order valence-corrected chi connectivity index (χ2v) is 7.27. The Balaban J connectivity index is 1.96. The van der Waals surface area contributed by atoms with E-state index in [-0.39, 0.29) is 5.92 Å². The Labute approximate surface area is 161 Å². The minimum absolute atomic E-state index is 0.0290. The average molecular weight is 361 g/mol. The van der Waals surface area contributed by atoms with E-state index in [4.69, 9.17) is 4.74 Å². The second-order valence-electron chi connectivity index (χ2n) is 7.27. The number of rotatable bonds is 4. The molecule has 4 rings (SSSR count). The first-order chi connectivity index (χ1) is 13.2. The number of fused-ring (bicyclic) bond motifs is 1. The second kappa shape index (κ2) is 7.22. The van der Waals surface area contributed by atoms with E-state index in [1.165, 1.54) is 22.3 Å². The number of Topliss-reactive ketones (excluding diaryl/α,β-unsaturated/α-hetero) is 1. The first-order valence-electron chi connectivity index (χ1n) is 9.99. The van der Waals surface area contributed by atoms with E-state index in [0.717, 1.165) is 42.5 Å². The molecular formula is C24H27NO2. The van der Waals surface area contributed by atoms with Gasteiger partial charge in [-0.2, -0.15) is 0 Å². The van der Waals surface area contributed by atoms with Crippen molar-refractivity contribution in [1.82, 2.24) is 4.90 Å². The normalized spacial score (nSPS) is 20.0. The molecule has 140 valence electrons. The molecule has 1 heterocycles. The van der Waals surface area contributed by atoms with Crippen molar-refractivity contribution in [3.63, 3.8) is 0 Å². The van der Waals surface area contributed by atoms with Gasteiger partial charge >= 0.3 is 0 Å². The standard InChI is InChI=1S/C24H27NO2/c1-4-16-15-20(24-21(25(16)5-2)11-8-12-22(24)26)18-13-14-23(27-3)19-10-7-6-9-17(18)19/h6-7,9-10,13-15,20H,4-5,8,11-12H2,1-3H3. The van der Waals surface area contributed by atoms with E-state index in [1.807, 2.05) is 12.1 Å². The van der Waals surface area contributed by atoms with E-state index in [2.05, 4.69) is 49.1 Å². The summed E-state index contributed by atoms with van der Waals surface area (Å²) >= 11 is 0. The third kappa shape index (κ3) is 2.86. The number of nitrogens with zero attached hydrogens (tertiary/aromatic N) is 1. The fourth-order valence-electron chi connectivity index (χ4n) is 4.71. The van der Waals surface area contributed by atoms with Gasteiger partial charge in [-0.05, 0) is 43.2 Å². The number of carbonyl (C=O) groups excluding carboxylic acids is 1. The van der Waals surface area contributed by atoms with Gasteiger partial charge in [0.25, 0.3) is 0 Å². The highest BCUT2D eigenvalue weighted by atomic mass is 16.5. The maximum Gasteiger partial charge on any atom is 0.161 e. The Kier molecular flexibility index (Phi) is 4.77. The number of benzene rings is 2. The van der Waals surface area contributed by atoms with Crippen LogP contribution in [0.5, 0.6) is 5.75 Å². The third-order valence-corrected chi connectivity index (χ3v) is 5.92. The van der Waals surface area contributed by atoms with Crippen LogP contribution in [-0.2, 0) is 4.79 Å². The summed E-state index contributed by atoms with van der Waals surface area (Å²) < 4.78 is 5.57. The van der Waals surface area contributed by atoms with Gasteiger partial charge in [-0.1, -0.05) is 43.3 Å².